The molecule has 2 rings (SSSR count). The van der Waals surface area contributed by atoms with Gasteiger partial charge in [-0.1, -0.05) is 39.0 Å². The van der Waals surface area contributed by atoms with Crippen LogP contribution in [0.15, 0.2) is 0 Å². The molecule has 0 aromatic carbocycles. The quantitative estimate of drug-likeness (QED) is 0.757. The Labute approximate surface area is 123 Å². The molecule has 3 heteroatoms. The van der Waals surface area contributed by atoms with E-state index in [2.05, 4.69) is 11.8 Å². The molecule has 1 saturated heterocycles. The van der Waals surface area contributed by atoms with Gasteiger partial charge < -0.3 is 10.0 Å². The number of aliphatic hydroxyl groups excluding tert-OH is 1. The van der Waals surface area contributed by atoms with Crippen LogP contribution >= 0.6 is 0 Å². The van der Waals surface area contributed by atoms with Gasteiger partial charge in [0.05, 0.1) is 6.10 Å². The van der Waals surface area contributed by atoms with E-state index in [0.29, 0.717) is 24.3 Å². The van der Waals surface area contributed by atoms with Gasteiger partial charge >= 0.3 is 0 Å². The molecule has 0 aromatic rings. The predicted octanol–water partition coefficient (Wildman–Crippen LogP) is 3.50. The Morgan fingerprint density at radius 1 is 1.10 bits per heavy atom. The fraction of sp³-hybridized carbons (Fsp3) is 0.941. The summed E-state index contributed by atoms with van der Waals surface area (Å²) >= 11 is 0. The van der Waals surface area contributed by atoms with Crippen molar-refractivity contribution >= 4 is 5.91 Å². The maximum atomic E-state index is 12.4. The third-order valence-electron chi connectivity index (χ3n) is 5.14. The molecular formula is C17H31NO2. The van der Waals surface area contributed by atoms with Crippen LogP contribution in [0.25, 0.3) is 0 Å². The highest BCUT2D eigenvalue weighted by atomic mass is 16.3. The van der Waals surface area contributed by atoms with E-state index in [-0.39, 0.29) is 6.10 Å². The molecular weight excluding hydrogens is 250 g/mol. The summed E-state index contributed by atoms with van der Waals surface area (Å²) in [6.07, 6.45) is 11.8. The molecule has 0 aromatic heterocycles. The van der Waals surface area contributed by atoms with Gasteiger partial charge in [-0.15, -0.1) is 0 Å². The average Bonchev–Trinajstić information content (AvgIpc) is 2.93. The summed E-state index contributed by atoms with van der Waals surface area (Å²) in [4.78, 5) is 14.5. The van der Waals surface area contributed by atoms with E-state index >= 15 is 0 Å². The van der Waals surface area contributed by atoms with Crippen LogP contribution in [-0.2, 0) is 4.79 Å². The third kappa shape index (κ3) is 3.97. The van der Waals surface area contributed by atoms with E-state index < -0.39 is 0 Å². The highest BCUT2D eigenvalue weighted by Crippen LogP contribution is 2.35. The number of hydrogen-bond donors (Lipinski definition) is 1. The standard InChI is InChI=1S/C17H31NO2/c1-2-3-4-5-12-17(20)18-13-8-10-15(18)14-9-6-7-11-16(14)19/h14-16,19H,2-13H2,1H3. The van der Waals surface area contributed by atoms with Crippen LogP contribution in [0.4, 0.5) is 0 Å². The fourth-order valence-corrected chi connectivity index (χ4v) is 3.98. The van der Waals surface area contributed by atoms with Crippen LogP contribution < -0.4 is 0 Å². The lowest BCUT2D eigenvalue weighted by Gasteiger charge is -2.37. The minimum absolute atomic E-state index is 0.178. The zero-order chi connectivity index (χ0) is 14.4. The van der Waals surface area contributed by atoms with E-state index in [1.807, 2.05) is 0 Å². The van der Waals surface area contributed by atoms with Gasteiger partial charge in [-0.3, -0.25) is 4.79 Å². The molecule has 1 aliphatic carbocycles. The summed E-state index contributed by atoms with van der Waals surface area (Å²) in [6.45, 7) is 3.11. The highest BCUT2D eigenvalue weighted by Gasteiger charge is 2.38. The van der Waals surface area contributed by atoms with Crippen molar-refractivity contribution in [2.24, 2.45) is 5.92 Å². The molecule has 0 bridgehead atoms. The van der Waals surface area contributed by atoms with Crippen LogP contribution in [-0.4, -0.2) is 34.6 Å². The summed E-state index contributed by atoms with van der Waals surface area (Å²) in [6, 6.07) is 0.323. The Morgan fingerprint density at radius 3 is 2.65 bits per heavy atom. The Balaban J connectivity index is 1.84. The normalized spacial score (nSPS) is 30.7. The summed E-state index contributed by atoms with van der Waals surface area (Å²) in [5.41, 5.74) is 0. The lowest BCUT2D eigenvalue weighted by Crippen LogP contribution is -2.45. The molecule has 1 amide bonds. The van der Waals surface area contributed by atoms with Crippen LogP contribution in [0.5, 0.6) is 0 Å². The molecule has 1 saturated carbocycles. The van der Waals surface area contributed by atoms with E-state index in [0.717, 1.165) is 45.1 Å². The topological polar surface area (TPSA) is 40.5 Å². The van der Waals surface area contributed by atoms with Crippen molar-refractivity contribution in [3.8, 4) is 0 Å². The molecule has 1 N–H and O–H groups in total. The van der Waals surface area contributed by atoms with Crippen molar-refractivity contribution < 1.29 is 9.90 Å². The summed E-state index contributed by atoms with van der Waals surface area (Å²) in [5.74, 6) is 0.673. The van der Waals surface area contributed by atoms with Crippen molar-refractivity contribution in [2.45, 2.75) is 89.7 Å². The second kappa shape index (κ2) is 8.02. The first kappa shape index (κ1) is 15.8. The van der Waals surface area contributed by atoms with Gasteiger partial charge in [0.25, 0.3) is 0 Å². The van der Waals surface area contributed by atoms with Gasteiger partial charge in [0.2, 0.25) is 5.91 Å². The molecule has 0 radical (unpaired) electrons. The highest BCUT2D eigenvalue weighted by molar-refractivity contribution is 5.76. The maximum Gasteiger partial charge on any atom is 0.222 e. The number of nitrogens with zero attached hydrogens (tertiary/aromatic N) is 1. The third-order valence-corrected chi connectivity index (χ3v) is 5.14. The zero-order valence-electron chi connectivity index (χ0n) is 13.0. The first-order chi connectivity index (χ1) is 9.74. The molecule has 1 aliphatic heterocycles. The maximum absolute atomic E-state index is 12.4. The Hall–Kier alpha value is -0.570. The molecule has 20 heavy (non-hydrogen) atoms. The van der Waals surface area contributed by atoms with E-state index in [1.54, 1.807) is 0 Å². The van der Waals surface area contributed by atoms with Crippen molar-refractivity contribution in [2.75, 3.05) is 6.54 Å². The molecule has 3 nitrogen and oxygen atoms in total. The molecule has 2 aliphatic rings. The number of aliphatic hydroxyl groups is 1. The van der Waals surface area contributed by atoms with Gasteiger partial charge in [-0.2, -0.15) is 0 Å². The Morgan fingerprint density at radius 2 is 1.90 bits per heavy atom. The molecule has 2 fully saturated rings. The largest absolute Gasteiger partial charge is 0.393 e. The van der Waals surface area contributed by atoms with Gasteiger partial charge in [0, 0.05) is 24.9 Å². The van der Waals surface area contributed by atoms with Crippen LogP contribution in [0.3, 0.4) is 0 Å². The number of likely N-dealkylation sites (tertiary alicyclic amines) is 1. The van der Waals surface area contributed by atoms with Crippen LogP contribution in [0.2, 0.25) is 0 Å². The van der Waals surface area contributed by atoms with Crippen LogP contribution in [0, 0.1) is 5.92 Å². The van der Waals surface area contributed by atoms with Gasteiger partial charge in [-0.05, 0) is 32.1 Å². The van der Waals surface area contributed by atoms with Crippen molar-refractivity contribution in [1.82, 2.24) is 4.90 Å². The first-order valence-electron chi connectivity index (χ1n) is 8.71. The molecule has 3 unspecified atom stereocenters. The van der Waals surface area contributed by atoms with Crippen molar-refractivity contribution in [3.63, 3.8) is 0 Å². The van der Waals surface area contributed by atoms with Gasteiger partial charge in [0.1, 0.15) is 0 Å². The van der Waals surface area contributed by atoms with Crippen molar-refractivity contribution in [1.29, 1.82) is 0 Å². The lowest BCUT2D eigenvalue weighted by atomic mass is 9.80. The summed E-state index contributed by atoms with van der Waals surface area (Å²) in [7, 11) is 0. The van der Waals surface area contributed by atoms with E-state index in [4.69, 9.17) is 0 Å². The molecule has 0 spiro atoms. The Bertz CT molecular complexity index is 305. The van der Waals surface area contributed by atoms with Gasteiger partial charge in [0.15, 0.2) is 0 Å². The smallest absolute Gasteiger partial charge is 0.222 e. The second-order valence-corrected chi connectivity index (χ2v) is 6.62. The summed E-state index contributed by atoms with van der Waals surface area (Å²) < 4.78 is 0. The fourth-order valence-electron chi connectivity index (χ4n) is 3.98. The number of carbonyl (C=O) groups excluding carboxylic acids is 1. The minimum atomic E-state index is -0.178. The van der Waals surface area contributed by atoms with E-state index in [9.17, 15) is 9.90 Å². The molecule has 116 valence electrons. The number of hydrogen-bond acceptors (Lipinski definition) is 2. The average molecular weight is 281 g/mol. The summed E-state index contributed by atoms with van der Waals surface area (Å²) in [5, 5.41) is 10.2. The monoisotopic (exact) mass is 281 g/mol. The SMILES string of the molecule is CCCCCCC(=O)N1CCCC1C1CCCCC1O. The van der Waals surface area contributed by atoms with Crippen molar-refractivity contribution in [3.05, 3.63) is 0 Å². The predicted molar refractivity (Wildman–Crippen MR) is 81.5 cm³/mol. The number of unbranched alkanes of at least 4 members (excludes halogenated alkanes) is 3. The first-order valence-corrected chi connectivity index (χ1v) is 8.71. The Kier molecular flexibility index (Phi) is 6.34. The lowest BCUT2D eigenvalue weighted by molar-refractivity contribution is -0.134. The minimum Gasteiger partial charge on any atom is -0.393 e. The molecule has 1 heterocycles. The van der Waals surface area contributed by atoms with Crippen LogP contribution in [0.1, 0.15) is 77.6 Å². The number of carbonyl (C=O) groups is 1. The number of amides is 1. The van der Waals surface area contributed by atoms with E-state index in [1.165, 1.54) is 25.7 Å². The zero-order valence-corrected chi connectivity index (χ0v) is 13.0. The van der Waals surface area contributed by atoms with Gasteiger partial charge in [-0.25, -0.2) is 0 Å². The number of rotatable bonds is 6. The second-order valence-electron chi connectivity index (χ2n) is 6.62. The molecule has 3 atom stereocenters.